The summed E-state index contributed by atoms with van der Waals surface area (Å²) in [6.45, 7) is 0.537. The number of nitrogens with zero attached hydrogens (tertiary/aromatic N) is 1. The first-order valence-corrected chi connectivity index (χ1v) is 9.01. The summed E-state index contributed by atoms with van der Waals surface area (Å²) in [4.78, 5) is 0.0143. The number of hydrogen-bond donors (Lipinski definition) is 1. The largest absolute Gasteiger partial charge is 0.396 e. The zero-order valence-electron chi connectivity index (χ0n) is 12.0. The number of anilines is 1. The molecule has 2 N–H and O–H groups in total. The fraction of sp³-hybridized carbons (Fsp3) is 0.600. The van der Waals surface area contributed by atoms with Crippen LogP contribution in [0.15, 0.2) is 23.1 Å². The summed E-state index contributed by atoms with van der Waals surface area (Å²) < 4.78 is 40.9. The van der Waals surface area contributed by atoms with E-state index in [-0.39, 0.29) is 16.6 Å². The van der Waals surface area contributed by atoms with E-state index in [1.54, 1.807) is 4.31 Å². The molecule has 4 nitrogen and oxygen atoms in total. The lowest BCUT2D eigenvalue weighted by Gasteiger charge is -2.43. The summed E-state index contributed by atoms with van der Waals surface area (Å²) >= 11 is 0. The van der Waals surface area contributed by atoms with Gasteiger partial charge in [0, 0.05) is 12.6 Å². The van der Waals surface area contributed by atoms with E-state index in [4.69, 9.17) is 5.73 Å². The van der Waals surface area contributed by atoms with Crippen molar-refractivity contribution in [2.24, 2.45) is 5.92 Å². The van der Waals surface area contributed by atoms with Crippen LogP contribution in [0.2, 0.25) is 0 Å². The van der Waals surface area contributed by atoms with Crippen LogP contribution in [-0.4, -0.2) is 25.3 Å². The van der Waals surface area contributed by atoms with E-state index in [0.29, 0.717) is 12.5 Å². The highest BCUT2D eigenvalue weighted by molar-refractivity contribution is 7.89. The minimum absolute atomic E-state index is 0.0143. The first kappa shape index (κ1) is 14.8. The normalized spacial score (nSPS) is 27.3. The molecular formula is C15H21FN2O2S. The van der Waals surface area contributed by atoms with Crippen LogP contribution >= 0.6 is 0 Å². The molecule has 0 amide bonds. The Bertz CT molecular complexity index is 631. The second kappa shape index (κ2) is 5.57. The third-order valence-electron chi connectivity index (χ3n) is 4.77. The van der Waals surface area contributed by atoms with E-state index in [9.17, 15) is 12.8 Å². The Balaban J connectivity index is 1.94. The molecule has 1 aliphatic heterocycles. The van der Waals surface area contributed by atoms with E-state index in [1.165, 1.54) is 18.6 Å². The van der Waals surface area contributed by atoms with Crippen molar-refractivity contribution in [3.63, 3.8) is 0 Å². The third kappa shape index (κ3) is 2.66. The van der Waals surface area contributed by atoms with Gasteiger partial charge in [-0.2, -0.15) is 4.31 Å². The van der Waals surface area contributed by atoms with Crippen molar-refractivity contribution in [3.05, 3.63) is 24.0 Å². The number of benzene rings is 1. The smallest absolute Gasteiger partial charge is 0.243 e. The standard InChI is InChI=1S/C15H21FN2O2S/c16-13-10-12(7-8-14(13)17)21(19,20)18-9-3-5-11-4-1-2-6-15(11)18/h7-8,10-11,15H,1-6,9,17H2. The molecule has 1 heterocycles. The molecule has 1 aliphatic carbocycles. The van der Waals surface area contributed by atoms with Crippen molar-refractivity contribution in [1.29, 1.82) is 0 Å². The van der Waals surface area contributed by atoms with Crippen LogP contribution in [0.25, 0.3) is 0 Å². The fourth-order valence-electron chi connectivity index (χ4n) is 3.68. The molecule has 0 radical (unpaired) electrons. The predicted octanol–water partition coefficient (Wildman–Crippen LogP) is 2.75. The molecule has 6 heteroatoms. The number of sulfonamides is 1. The maximum atomic E-state index is 13.6. The average Bonchev–Trinajstić information content (AvgIpc) is 2.49. The van der Waals surface area contributed by atoms with Gasteiger partial charge in [0.05, 0.1) is 10.6 Å². The molecule has 0 bridgehead atoms. The van der Waals surface area contributed by atoms with Crippen LogP contribution in [0.5, 0.6) is 0 Å². The van der Waals surface area contributed by atoms with Crippen LogP contribution in [-0.2, 0) is 10.0 Å². The molecule has 116 valence electrons. The Morgan fingerprint density at radius 3 is 2.62 bits per heavy atom. The number of halogens is 1. The molecule has 2 aliphatic rings. The fourth-order valence-corrected chi connectivity index (χ4v) is 5.45. The third-order valence-corrected chi connectivity index (χ3v) is 6.69. The van der Waals surface area contributed by atoms with Gasteiger partial charge in [0.1, 0.15) is 5.82 Å². The molecule has 2 atom stereocenters. The number of hydrogen-bond acceptors (Lipinski definition) is 3. The summed E-state index contributed by atoms with van der Waals surface area (Å²) in [5.74, 6) is -0.214. The van der Waals surface area contributed by atoms with Gasteiger partial charge in [0.15, 0.2) is 0 Å². The minimum Gasteiger partial charge on any atom is -0.396 e. The number of piperidine rings is 1. The van der Waals surface area contributed by atoms with Crippen LogP contribution in [0.1, 0.15) is 38.5 Å². The lowest BCUT2D eigenvalue weighted by molar-refractivity contribution is 0.129. The van der Waals surface area contributed by atoms with Gasteiger partial charge in [0.25, 0.3) is 0 Å². The molecule has 1 aromatic carbocycles. The number of rotatable bonds is 2. The highest BCUT2D eigenvalue weighted by Crippen LogP contribution is 2.38. The molecule has 3 rings (SSSR count). The van der Waals surface area contributed by atoms with Crippen LogP contribution < -0.4 is 5.73 Å². The van der Waals surface area contributed by atoms with Crippen molar-refractivity contribution in [3.8, 4) is 0 Å². The SMILES string of the molecule is Nc1ccc(S(=O)(=O)N2CCCC3CCCCC32)cc1F. The summed E-state index contributed by atoms with van der Waals surface area (Å²) in [6, 6.07) is 3.85. The van der Waals surface area contributed by atoms with Gasteiger partial charge >= 0.3 is 0 Å². The van der Waals surface area contributed by atoms with E-state index in [0.717, 1.165) is 38.2 Å². The highest BCUT2D eigenvalue weighted by Gasteiger charge is 2.39. The lowest BCUT2D eigenvalue weighted by atomic mass is 9.79. The second-order valence-electron chi connectivity index (χ2n) is 6.05. The summed E-state index contributed by atoms with van der Waals surface area (Å²) in [6.07, 6.45) is 6.27. The van der Waals surface area contributed by atoms with Gasteiger partial charge in [-0.05, 0) is 49.8 Å². The van der Waals surface area contributed by atoms with Gasteiger partial charge in [-0.25, -0.2) is 12.8 Å². The van der Waals surface area contributed by atoms with Crippen molar-refractivity contribution in [1.82, 2.24) is 4.31 Å². The maximum absolute atomic E-state index is 13.6. The van der Waals surface area contributed by atoms with E-state index in [1.807, 2.05) is 0 Å². The molecule has 21 heavy (non-hydrogen) atoms. The highest BCUT2D eigenvalue weighted by atomic mass is 32.2. The molecule has 1 saturated heterocycles. The van der Waals surface area contributed by atoms with Gasteiger partial charge in [-0.3, -0.25) is 0 Å². The quantitative estimate of drug-likeness (QED) is 0.854. The van der Waals surface area contributed by atoms with Gasteiger partial charge in [-0.1, -0.05) is 12.8 Å². The van der Waals surface area contributed by atoms with E-state index in [2.05, 4.69) is 0 Å². The minimum atomic E-state index is -3.63. The van der Waals surface area contributed by atoms with Crippen molar-refractivity contribution < 1.29 is 12.8 Å². The molecule has 2 fully saturated rings. The van der Waals surface area contributed by atoms with Crippen LogP contribution in [0.4, 0.5) is 10.1 Å². The van der Waals surface area contributed by atoms with Gasteiger partial charge in [-0.15, -0.1) is 0 Å². The Hall–Kier alpha value is -1.14. The number of nitrogen functional groups attached to an aromatic ring is 1. The predicted molar refractivity (Wildman–Crippen MR) is 79.7 cm³/mol. The molecule has 0 spiro atoms. The molecule has 0 aromatic heterocycles. The Labute approximate surface area is 125 Å². The molecule has 1 saturated carbocycles. The first-order valence-electron chi connectivity index (χ1n) is 7.57. The summed E-state index contributed by atoms with van der Waals surface area (Å²) in [7, 11) is -3.63. The zero-order chi connectivity index (χ0) is 15.0. The van der Waals surface area contributed by atoms with Crippen molar-refractivity contribution in [2.45, 2.75) is 49.5 Å². The number of fused-ring (bicyclic) bond motifs is 1. The maximum Gasteiger partial charge on any atom is 0.243 e. The van der Waals surface area contributed by atoms with Crippen molar-refractivity contribution >= 4 is 15.7 Å². The zero-order valence-corrected chi connectivity index (χ0v) is 12.8. The second-order valence-corrected chi connectivity index (χ2v) is 7.94. The van der Waals surface area contributed by atoms with Gasteiger partial charge in [0.2, 0.25) is 10.0 Å². The molecule has 1 aromatic rings. The van der Waals surface area contributed by atoms with E-state index >= 15 is 0 Å². The van der Waals surface area contributed by atoms with E-state index < -0.39 is 15.8 Å². The molecule has 2 unspecified atom stereocenters. The average molecular weight is 312 g/mol. The van der Waals surface area contributed by atoms with Crippen LogP contribution in [0, 0.1) is 11.7 Å². The first-order chi connectivity index (χ1) is 10.00. The Morgan fingerprint density at radius 1 is 1.14 bits per heavy atom. The monoisotopic (exact) mass is 312 g/mol. The Morgan fingerprint density at radius 2 is 1.86 bits per heavy atom. The van der Waals surface area contributed by atoms with Gasteiger partial charge < -0.3 is 5.73 Å². The van der Waals surface area contributed by atoms with Crippen LogP contribution in [0.3, 0.4) is 0 Å². The topological polar surface area (TPSA) is 63.4 Å². The lowest BCUT2D eigenvalue weighted by Crippen LogP contribution is -2.49. The van der Waals surface area contributed by atoms with Crippen molar-refractivity contribution in [2.75, 3.05) is 12.3 Å². The Kier molecular flexibility index (Phi) is 3.92. The number of nitrogens with two attached hydrogens (primary N) is 1. The summed E-state index contributed by atoms with van der Waals surface area (Å²) in [5, 5.41) is 0. The molecular weight excluding hydrogens is 291 g/mol. The summed E-state index contributed by atoms with van der Waals surface area (Å²) in [5.41, 5.74) is 5.41.